The molecule has 1 aromatic heterocycles. The normalized spacial score (nSPS) is 17.7. The Bertz CT molecular complexity index is 1990. The lowest BCUT2D eigenvalue weighted by atomic mass is 9.84. The van der Waals surface area contributed by atoms with Crippen molar-refractivity contribution in [2.24, 2.45) is 17.6 Å². The second-order valence-corrected chi connectivity index (χ2v) is 14.5. The number of nitrogens with one attached hydrogen (secondary N) is 1. The Morgan fingerprint density at radius 3 is 2.40 bits per heavy atom. The fraction of sp³-hybridized carbons (Fsp3) is 0.314. The molecule has 1 saturated heterocycles. The summed E-state index contributed by atoms with van der Waals surface area (Å²) in [7, 11) is -4.35. The fourth-order valence-corrected chi connectivity index (χ4v) is 8.84. The van der Waals surface area contributed by atoms with E-state index in [9.17, 15) is 22.8 Å². The third-order valence-electron chi connectivity index (χ3n) is 9.30. The second kappa shape index (κ2) is 13.0. The molecule has 244 valence electrons. The van der Waals surface area contributed by atoms with Crippen LogP contribution in [0.3, 0.4) is 0 Å². The van der Waals surface area contributed by atoms with E-state index in [0.29, 0.717) is 59.9 Å². The van der Waals surface area contributed by atoms with E-state index >= 15 is 0 Å². The van der Waals surface area contributed by atoms with Gasteiger partial charge in [0.05, 0.1) is 22.2 Å². The summed E-state index contributed by atoms with van der Waals surface area (Å²) in [6.07, 6.45) is 3.82. The number of benzene rings is 3. The number of halogens is 1. The summed E-state index contributed by atoms with van der Waals surface area (Å²) in [6, 6.07) is 17.8. The predicted molar refractivity (Wildman–Crippen MR) is 182 cm³/mol. The number of pyridine rings is 1. The summed E-state index contributed by atoms with van der Waals surface area (Å²) in [5.41, 5.74) is 7.88. The van der Waals surface area contributed by atoms with E-state index in [1.807, 2.05) is 24.3 Å². The lowest BCUT2D eigenvalue weighted by Gasteiger charge is -2.40. The Morgan fingerprint density at radius 2 is 1.68 bits per heavy atom. The van der Waals surface area contributed by atoms with Crippen molar-refractivity contribution < 1.29 is 22.8 Å². The highest BCUT2D eigenvalue weighted by molar-refractivity contribution is 7.93. The standard InChI is InChI=1S/C35H36ClN5O5S/c1-21-18-31(22(2)17-27(21)36)47(45,46)41-30-10-6-5-9-28(30)39-34(43)32(41)26(33(37)42)12-11-23-13-15-40(16-14-23)35(44)29-19-24-7-3-4-8-25(24)20-38-29/h3-10,17-20,23,26,32H,11-16H2,1-2H3,(H2,37,42)(H,39,43)/t26?,32-/m1/s1. The molecule has 3 aromatic carbocycles. The first-order valence-electron chi connectivity index (χ1n) is 15.6. The molecule has 47 heavy (non-hydrogen) atoms. The van der Waals surface area contributed by atoms with E-state index in [2.05, 4.69) is 10.3 Å². The second-order valence-electron chi connectivity index (χ2n) is 12.4. The first-order chi connectivity index (χ1) is 22.5. The third kappa shape index (κ3) is 6.29. The van der Waals surface area contributed by atoms with Crippen LogP contribution in [0.4, 0.5) is 11.4 Å². The molecule has 10 nitrogen and oxygen atoms in total. The largest absolute Gasteiger partial charge is 0.369 e. The van der Waals surface area contributed by atoms with Gasteiger partial charge in [0.1, 0.15) is 11.7 Å². The number of hydrogen-bond acceptors (Lipinski definition) is 6. The van der Waals surface area contributed by atoms with Crippen LogP contribution >= 0.6 is 11.6 Å². The van der Waals surface area contributed by atoms with Gasteiger partial charge in [-0.15, -0.1) is 0 Å². The Labute approximate surface area is 279 Å². The SMILES string of the molecule is Cc1cc(S(=O)(=O)N2c3ccccc3NC(=O)[C@H]2C(CCC2CCN(C(=O)c3cc4ccccc4cn3)CC2)C(N)=O)c(C)cc1Cl. The number of piperidine rings is 1. The van der Waals surface area contributed by atoms with Gasteiger partial charge in [-0.1, -0.05) is 48.0 Å². The number of nitrogens with two attached hydrogens (primary N) is 1. The predicted octanol–water partition coefficient (Wildman–Crippen LogP) is 5.46. The number of aromatic nitrogens is 1. The average molecular weight is 674 g/mol. The highest BCUT2D eigenvalue weighted by Gasteiger charge is 2.47. The van der Waals surface area contributed by atoms with Crippen molar-refractivity contribution in [2.45, 2.75) is 50.5 Å². The number of carbonyl (C=O) groups excluding carboxylic acids is 3. The van der Waals surface area contributed by atoms with Crippen LogP contribution in [0.2, 0.25) is 5.02 Å². The van der Waals surface area contributed by atoms with Crippen molar-refractivity contribution in [3.8, 4) is 0 Å². The molecular formula is C35H36ClN5O5S. The van der Waals surface area contributed by atoms with Crippen LogP contribution in [0, 0.1) is 25.7 Å². The maximum atomic E-state index is 14.4. The monoisotopic (exact) mass is 673 g/mol. The molecule has 1 fully saturated rings. The van der Waals surface area contributed by atoms with Crippen LogP contribution in [0.5, 0.6) is 0 Å². The number of sulfonamides is 1. The van der Waals surface area contributed by atoms with Gasteiger partial charge in [0.2, 0.25) is 11.8 Å². The molecule has 3 N–H and O–H groups in total. The molecule has 3 heterocycles. The van der Waals surface area contributed by atoms with Gasteiger partial charge in [-0.3, -0.25) is 23.7 Å². The van der Waals surface area contributed by atoms with E-state index in [-0.39, 0.29) is 28.8 Å². The van der Waals surface area contributed by atoms with Crippen molar-refractivity contribution in [1.29, 1.82) is 0 Å². The van der Waals surface area contributed by atoms with Gasteiger partial charge in [0, 0.05) is 29.7 Å². The van der Waals surface area contributed by atoms with Gasteiger partial charge in [-0.25, -0.2) is 8.42 Å². The maximum Gasteiger partial charge on any atom is 0.272 e. The maximum absolute atomic E-state index is 14.4. The molecule has 2 atom stereocenters. The van der Waals surface area contributed by atoms with E-state index in [0.717, 1.165) is 15.1 Å². The van der Waals surface area contributed by atoms with E-state index in [4.69, 9.17) is 17.3 Å². The van der Waals surface area contributed by atoms with Crippen molar-refractivity contribution >= 4 is 61.5 Å². The summed E-state index contributed by atoms with van der Waals surface area (Å²) in [6.45, 7) is 4.39. The van der Waals surface area contributed by atoms with Crippen LogP contribution in [-0.4, -0.2) is 55.2 Å². The van der Waals surface area contributed by atoms with E-state index in [1.165, 1.54) is 6.07 Å². The molecule has 0 saturated carbocycles. The van der Waals surface area contributed by atoms with Crippen LogP contribution in [-0.2, 0) is 19.6 Å². The molecule has 0 aliphatic carbocycles. The minimum Gasteiger partial charge on any atom is -0.369 e. The first-order valence-corrected chi connectivity index (χ1v) is 17.4. The molecule has 4 aromatic rings. The molecule has 2 aliphatic heterocycles. The number of primary amides is 1. The van der Waals surface area contributed by atoms with Crippen molar-refractivity contribution in [2.75, 3.05) is 22.7 Å². The molecule has 2 aliphatic rings. The number of amides is 3. The minimum absolute atomic E-state index is 0.00457. The molecule has 0 radical (unpaired) electrons. The van der Waals surface area contributed by atoms with Gasteiger partial charge in [-0.2, -0.15) is 0 Å². The van der Waals surface area contributed by atoms with Crippen molar-refractivity contribution in [1.82, 2.24) is 9.88 Å². The Kier molecular flexibility index (Phi) is 8.95. The fourth-order valence-electron chi connectivity index (χ4n) is 6.66. The summed E-state index contributed by atoms with van der Waals surface area (Å²) in [5, 5.41) is 5.13. The summed E-state index contributed by atoms with van der Waals surface area (Å²) >= 11 is 6.28. The molecule has 6 rings (SSSR count). The quantitative estimate of drug-likeness (QED) is 0.255. The van der Waals surface area contributed by atoms with Crippen LogP contribution in [0.15, 0.2) is 77.8 Å². The summed E-state index contributed by atoms with van der Waals surface area (Å²) < 4.78 is 29.9. The smallest absolute Gasteiger partial charge is 0.272 e. The van der Waals surface area contributed by atoms with Gasteiger partial charge in [-0.05, 0) is 92.3 Å². The third-order valence-corrected chi connectivity index (χ3v) is 11.6. The van der Waals surface area contributed by atoms with Gasteiger partial charge in [0.25, 0.3) is 15.9 Å². The van der Waals surface area contributed by atoms with Crippen LogP contribution in [0.25, 0.3) is 10.8 Å². The lowest BCUT2D eigenvalue weighted by molar-refractivity contribution is -0.127. The minimum atomic E-state index is -4.35. The highest BCUT2D eigenvalue weighted by atomic mass is 35.5. The number of fused-ring (bicyclic) bond motifs is 2. The number of para-hydroxylation sites is 2. The van der Waals surface area contributed by atoms with Gasteiger partial charge in [0.15, 0.2) is 0 Å². The zero-order chi connectivity index (χ0) is 33.5. The van der Waals surface area contributed by atoms with Gasteiger partial charge < -0.3 is 16.0 Å². The first kappa shape index (κ1) is 32.5. The Morgan fingerprint density at radius 1 is 1.00 bits per heavy atom. The van der Waals surface area contributed by atoms with E-state index < -0.39 is 33.8 Å². The van der Waals surface area contributed by atoms with Crippen LogP contribution in [0.1, 0.15) is 47.3 Å². The number of nitrogens with zero attached hydrogens (tertiary/aromatic N) is 3. The van der Waals surface area contributed by atoms with Crippen molar-refractivity contribution in [3.63, 3.8) is 0 Å². The Hall–Kier alpha value is -4.48. The molecule has 0 bridgehead atoms. The van der Waals surface area contributed by atoms with Crippen molar-refractivity contribution in [3.05, 3.63) is 94.8 Å². The number of aryl methyl sites for hydroxylation is 2. The Balaban J connectivity index is 1.21. The highest BCUT2D eigenvalue weighted by Crippen LogP contribution is 2.41. The zero-order valence-corrected chi connectivity index (χ0v) is 27.7. The molecular weight excluding hydrogens is 638 g/mol. The molecule has 1 unspecified atom stereocenters. The van der Waals surface area contributed by atoms with Crippen LogP contribution < -0.4 is 15.4 Å². The topological polar surface area (TPSA) is 143 Å². The van der Waals surface area contributed by atoms with E-state index in [1.54, 1.807) is 61.3 Å². The number of anilines is 2. The summed E-state index contributed by atoms with van der Waals surface area (Å²) in [4.78, 5) is 46.1. The number of hydrogen-bond donors (Lipinski definition) is 2. The number of likely N-dealkylation sites (tertiary alicyclic amines) is 1. The zero-order valence-electron chi connectivity index (χ0n) is 26.1. The average Bonchev–Trinajstić information content (AvgIpc) is 3.06. The molecule has 12 heteroatoms. The lowest BCUT2D eigenvalue weighted by Crippen LogP contribution is -2.57. The molecule has 0 spiro atoms. The summed E-state index contributed by atoms with van der Waals surface area (Å²) in [5.74, 6) is -2.47. The number of carbonyl (C=O) groups is 3. The molecule has 3 amide bonds. The number of rotatable bonds is 8. The van der Waals surface area contributed by atoms with Gasteiger partial charge >= 0.3 is 0 Å².